The molecule has 0 radical (unpaired) electrons. The third-order valence-electron chi connectivity index (χ3n) is 3.54. The van der Waals surface area contributed by atoms with E-state index in [1.165, 1.54) is 6.07 Å². The van der Waals surface area contributed by atoms with Gasteiger partial charge in [-0.1, -0.05) is 27.7 Å². The summed E-state index contributed by atoms with van der Waals surface area (Å²) < 4.78 is 40.4. The number of halogens is 2. The molecule has 24 heavy (non-hydrogen) atoms. The van der Waals surface area contributed by atoms with Crippen molar-refractivity contribution in [2.75, 3.05) is 11.0 Å². The molecular formula is C16H13BrFNO3S2. The fourth-order valence-electron chi connectivity index (χ4n) is 2.51. The number of fused-ring (bicyclic) bond motifs is 1. The topological polar surface area (TPSA) is 63.2 Å². The van der Waals surface area contributed by atoms with E-state index in [2.05, 4.69) is 20.7 Å². The molecule has 3 rings (SSSR count). The van der Waals surface area contributed by atoms with Gasteiger partial charge in [0.25, 0.3) is 0 Å². The number of sulfonamides is 1. The van der Waals surface area contributed by atoms with Gasteiger partial charge in [-0.05, 0) is 42.3 Å². The number of hydrogen-bond donors (Lipinski definition) is 1. The number of nitrogens with one attached hydrogen (secondary N) is 1. The van der Waals surface area contributed by atoms with E-state index in [4.69, 9.17) is 0 Å². The average Bonchev–Trinajstić information content (AvgIpc) is 2.81. The van der Waals surface area contributed by atoms with E-state index in [1.54, 1.807) is 24.3 Å². The van der Waals surface area contributed by atoms with Gasteiger partial charge in [0.2, 0.25) is 10.0 Å². The Morgan fingerprint density at radius 2 is 1.92 bits per heavy atom. The molecule has 0 unspecified atom stereocenters. The van der Waals surface area contributed by atoms with E-state index in [0.717, 1.165) is 23.6 Å². The fourth-order valence-corrected chi connectivity index (χ4v) is 4.41. The second-order valence-electron chi connectivity index (χ2n) is 5.48. The Bertz CT molecular complexity index is 945. The number of carbonyl (C=O) groups excluding carboxylic acids is 1. The molecule has 0 aromatic heterocycles. The van der Waals surface area contributed by atoms with Gasteiger partial charge in [0.1, 0.15) is 5.82 Å². The Labute approximate surface area is 152 Å². The molecule has 0 saturated carbocycles. The highest BCUT2D eigenvalue weighted by Gasteiger charge is 2.23. The molecule has 2 aromatic rings. The van der Waals surface area contributed by atoms with E-state index in [9.17, 15) is 17.6 Å². The van der Waals surface area contributed by atoms with Crippen LogP contribution in [0.3, 0.4) is 0 Å². The van der Waals surface area contributed by atoms with Crippen LogP contribution < -0.4 is 4.72 Å². The number of hydrogen-bond acceptors (Lipinski definition) is 4. The highest BCUT2D eigenvalue weighted by Crippen LogP contribution is 2.39. The molecule has 0 bridgehead atoms. The summed E-state index contributed by atoms with van der Waals surface area (Å²) >= 11 is 4.28. The summed E-state index contributed by atoms with van der Waals surface area (Å²) in [6.45, 7) is 0. The first kappa shape index (κ1) is 17.4. The van der Waals surface area contributed by atoms with E-state index in [0.29, 0.717) is 38.4 Å². The predicted octanol–water partition coefficient (Wildman–Crippen LogP) is 4.24. The fraction of sp³-hybridized carbons (Fsp3) is 0.188. The highest BCUT2D eigenvalue weighted by molar-refractivity contribution is 9.10. The van der Waals surface area contributed by atoms with Crippen molar-refractivity contribution in [3.63, 3.8) is 0 Å². The largest absolute Gasteiger partial charge is 0.294 e. The molecule has 0 aliphatic heterocycles. The molecule has 4 nitrogen and oxygen atoms in total. The zero-order valence-corrected chi connectivity index (χ0v) is 15.8. The van der Waals surface area contributed by atoms with Crippen molar-refractivity contribution in [1.29, 1.82) is 0 Å². The van der Waals surface area contributed by atoms with Crippen molar-refractivity contribution >= 4 is 49.2 Å². The Hall–Kier alpha value is -1.38. The third kappa shape index (κ3) is 3.81. The lowest BCUT2D eigenvalue weighted by Crippen LogP contribution is -2.11. The summed E-state index contributed by atoms with van der Waals surface area (Å²) in [6.07, 6.45) is 2.05. The summed E-state index contributed by atoms with van der Waals surface area (Å²) in [5, 5.41) is 0. The number of rotatable bonds is 4. The van der Waals surface area contributed by atoms with Crippen molar-refractivity contribution in [2.24, 2.45) is 0 Å². The molecule has 1 aliphatic carbocycles. The van der Waals surface area contributed by atoms with Gasteiger partial charge in [-0.2, -0.15) is 0 Å². The molecule has 0 fully saturated rings. The lowest BCUT2D eigenvalue weighted by Gasteiger charge is -2.13. The third-order valence-corrected chi connectivity index (χ3v) is 5.73. The van der Waals surface area contributed by atoms with Gasteiger partial charge in [0, 0.05) is 26.2 Å². The smallest absolute Gasteiger partial charge is 0.229 e. The molecule has 1 N–H and O–H groups in total. The van der Waals surface area contributed by atoms with Crippen LogP contribution >= 0.6 is 27.7 Å². The van der Waals surface area contributed by atoms with Crippen molar-refractivity contribution in [3.05, 3.63) is 51.7 Å². The molecule has 2 aromatic carbocycles. The molecule has 126 valence electrons. The summed E-state index contributed by atoms with van der Waals surface area (Å²) in [5.74, 6) is -0.402. The Morgan fingerprint density at radius 3 is 2.58 bits per heavy atom. The Morgan fingerprint density at radius 1 is 1.17 bits per heavy atom. The van der Waals surface area contributed by atoms with Gasteiger partial charge in [-0.25, -0.2) is 12.8 Å². The van der Waals surface area contributed by atoms with Crippen molar-refractivity contribution in [3.8, 4) is 0 Å². The van der Waals surface area contributed by atoms with Gasteiger partial charge < -0.3 is 0 Å². The van der Waals surface area contributed by atoms with Gasteiger partial charge >= 0.3 is 0 Å². The first-order valence-corrected chi connectivity index (χ1v) is 10.5. The molecular weight excluding hydrogens is 417 g/mol. The van der Waals surface area contributed by atoms with E-state index >= 15 is 0 Å². The van der Waals surface area contributed by atoms with Crippen LogP contribution in [0.15, 0.2) is 44.6 Å². The lowest BCUT2D eigenvalue weighted by atomic mass is 10.1. The van der Waals surface area contributed by atoms with Gasteiger partial charge in [-0.3, -0.25) is 9.52 Å². The van der Waals surface area contributed by atoms with Crippen LogP contribution in [0.5, 0.6) is 0 Å². The quantitative estimate of drug-likeness (QED) is 0.789. The minimum Gasteiger partial charge on any atom is -0.294 e. The first-order valence-electron chi connectivity index (χ1n) is 7.04. The van der Waals surface area contributed by atoms with Crippen molar-refractivity contribution < 1.29 is 17.6 Å². The van der Waals surface area contributed by atoms with Crippen LogP contribution in [0.2, 0.25) is 0 Å². The van der Waals surface area contributed by atoms with Gasteiger partial charge in [-0.15, -0.1) is 0 Å². The summed E-state index contributed by atoms with van der Waals surface area (Å²) in [6, 6.07) is 7.95. The molecule has 8 heteroatoms. The number of ketones is 1. The minimum absolute atomic E-state index is 0.0223. The minimum atomic E-state index is -3.49. The van der Waals surface area contributed by atoms with Crippen LogP contribution in [-0.2, 0) is 16.4 Å². The highest BCUT2D eigenvalue weighted by atomic mass is 79.9. The maximum Gasteiger partial charge on any atom is 0.229 e. The summed E-state index contributed by atoms with van der Waals surface area (Å²) in [7, 11) is -3.49. The second-order valence-corrected chi connectivity index (χ2v) is 9.23. The number of anilines is 1. The summed E-state index contributed by atoms with van der Waals surface area (Å²) in [5.41, 5.74) is 1.75. The van der Waals surface area contributed by atoms with Gasteiger partial charge in [0.05, 0.1) is 11.9 Å². The SMILES string of the molecule is CS(=O)(=O)Nc1cc2c(cc1Sc1ccc(Br)cc1F)C(=O)CC2. The lowest BCUT2D eigenvalue weighted by molar-refractivity contribution is 0.0994. The van der Waals surface area contributed by atoms with Crippen LogP contribution in [-0.4, -0.2) is 20.5 Å². The molecule has 1 aliphatic rings. The summed E-state index contributed by atoms with van der Waals surface area (Å²) in [4.78, 5) is 12.8. The molecule has 0 heterocycles. The number of Topliss-reactive ketones (excluding diaryl/α,β-unsaturated/α-hetero) is 1. The zero-order valence-electron chi connectivity index (χ0n) is 12.6. The zero-order chi connectivity index (χ0) is 17.5. The predicted molar refractivity (Wildman–Crippen MR) is 95.8 cm³/mol. The monoisotopic (exact) mass is 429 g/mol. The Kier molecular flexibility index (Phi) is 4.72. The normalized spacial score (nSPS) is 13.9. The number of carbonyl (C=O) groups is 1. The average molecular weight is 430 g/mol. The van der Waals surface area contributed by atoms with Crippen molar-refractivity contribution in [2.45, 2.75) is 22.6 Å². The van der Waals surface area contributed by atoms with Crippen LogP contribution in [0.25, 0.3) is 0 Å². The van der Waals surface area contributed by atoms with Crippen LogP contribution in [0.4, 0.5) is 10.1 Å². The second kappa shape index (κ2) is 6.50. The van der Waals surface area contributed by atoms with Crippen molar-refractivity contribution in [1.82, 2.24) is 0 Å². The van der Waals surface area contributed by atoms with Gasteiger partial charge in [0.15, 0.2) is 5.78 Å². The molecule has 0 saturated heterocycles. The Balaban J connectivity index is 2.07. The maximum atomic E-state index is 14.1. The number of aryl methyl sites for hydroxylation is 1. The molecule has 0 atom stereocenters. The maximum absolute atomic E-state index is 14.1. The molecule has 0 amide bonds. The van der Waals surface area contributed by atoms with Crippen LogP contribution in [0, 0.1) is 5.82 Å². The standard InChI is InChI=1S/C16H13BrFNO3S2/c1-24(21,22)19-13-6-9-2-4-14(20)11(9)8-16(13)23-15-5-3-10(17)7-12(15)18/h3,5-8,19H,2,4H2,1H3. The van der Waals surface area contributed by atoms with E-state index in [-0.39, 0.29) is 5.78 Å². The van der Waals surface area contributed by atoms with E-state index < -0.39 is 15.8 Å². The van der Waals surface area contributed by atoms with E-state index in [1.807, 2.05) is 0 Å². The number of benzene rings is 2. The first-order chi connectivity index (χ1) is 11.2. The van der Waals surface area contributed by atoms with Crippen LogP contribution in [0.1, 0.15) is 22.3 Å². The molecule has 0 spiro atoms.